The molecule has 1 saturated heterocycles. The molecule has 6 nitrogen and oxygen atoms in total. The topological polar surface area (TPSA) is 79.6 Å². The van der Waals surface area contributed by atoms with Gasteiger partial charge in [-0.3, -0.25) is 14.4 Å². The monoisotopic (exact) mass is 330 g/mol. The maximum absolute atomic E-state index is 12.9. The summed E-state index contributed by atoms with van der Waals surface area (Å²) in [6.45, 7) is 5.56. The molecule has 128 valence electrons. The molecule has 1 saturated carbocycles. The van der Waals surface area contributed by atoms with Crippen LogP contribution in [0.5, 0.6) is 0 Å². The van der Waals surface area contributed by atoms with Gasteiger partial charge in [0.1, 0.15) is 0 Å². The highest BCUT2D eigenvalue weighted by Crippen LogP contribution is 2.59. The lowest BCUT2D eigenvalue weighted by Gasteiger charge is -2.43. The number of aliphatic carboxylic acids is 1. The normalized spacial score (nSPS) is 32.8. The number of fused-ring (bicyclic) bond motifs is 4. The van der Waals surface area contributed by atoms with Crippen LogP contribution in [-0.4, -0.2) is 39.5 Å². The third-order valence-corrected chi connectivity index (χ3v) is 6.15. The van der Waals surface area contributed by atoms with Crippen LogP contribution >= 0.6 is 0 Å². The van der Waals surface area contributed by atoms with E-state index in [-0.39, 0.29) is 23.3 Å². The van der Waals surface area contributed by atoms with Gasteiger partial charge >= 0.3 is 5.97 Å². The SMILES string of the molecule is CC1(C)[C@H](C(=O)O)[C@@H]1C(=O)N1C[C@@H]2C[C@@H](C1)c1cccc(=O)n1C2. The van der Waals surface area contributed by atoms with Gasteiger partial charge in [0.2, 0.25) is 5.91 Å². The number of amides is 1. The highest BCUT2D eigenvalue weighted by molar-refractivity contribution is 5.91. The fraction of sp³-hybridized carbons (Fsp3) is 0.611. The predicted molar refractivity (Wildman–Crippen MR) is 86.5 cm³/mol. The second kappa shape index (κ2) is 4.94. The van der Waals surface area contributed by atoms with Crippen LogP contribution in [0.1, 0.15) is 31.9 Å². The van der Waals surface area contributed by atoms with Crippen molar-refractivity contribution in [3.8, 4) is 0 Å². The van der Waals surface area contributed by atoms with Crippen molar-refractivity contribution in [1.82, 2.24) is 9.47 Å². The fourth-order valence-electron chi connectivity index (χ4n) is 4.83. The van der Waals surface area contributed by atoms with Crippen molar-refractivity contribution >= 4 is 11.9 Å². The van der Waals surface area contributed by atoms with Crippen LogP contribution in [0, 0.1) is 23.2 Å². The number of hydrogen-bond donors (Lipinski definition) is 1. The average Bonchev–Trinajstić information content (AvgIpc) is 3.10. The summed E-state index contributed by atoms with van der Waals surface area (Å²) in [5, 5.41) is 9.32. The maximum atomic E-state index is 12.9. The molecule has 1 aliphatic carbocycles. The molecule has 1 aromatic rings. The molecular formula is C18H22N2O4. The van der Waals surface area contributed by atoms with E-state index < -0.39 is 23.2 Å². The Morgan fingerprint density at radius 3 is 2.58 bits per heavy atom. The molecule has 1 amide bonds. The minimum atomic E-state index is -0.882. The van der Waals surface area contributed by atoms with Gasteiger partial charge < -0.3 is 14.6 Å². The van der Waals surface area contributed by atoms with E-state index in [1.165, 1.54) is 0 Å². The molecule has 24 heavy (non-hydrogen) atoms. The van der Waals surface area contributed by atoms with Crippen LogP contribution in [0.2, 0.25) is 0 Å². The first-order valence-electron chi connectivity index (χ1n) is 8.52. The Balaban J connectivity index is 1.58. The van der Waals surface area contributed by atoms with E-state index in [1.54, 1.807) is 12.1 Å². The van der Waals surface area contributed by atoms with Crippen molar-refractivity contribution in [2.45, 2.75) is 32.7 Å². The summed E-state index contributed by atoms with van der Waals surface area (Å²) < 4.78 is 1.84. The van der Waals surface area contributed by atoms with Gasteiger partial charge in [0.15, 0.2) is 0 Å². The number of carbonyl (C=O) groups excluding carboxylic acids is 1. The van der Waals surface area contributed by atoms with Crippen molar-refractivity contribution in [2.75, 3.05) is 13.1 Å². The molecule has 0 aromatic carbocycles. The summed E-state index contributed by atoms with van der Waals surface area (Å²) >= 11 is 0. The number of carboxylic acid groups (broad SMARTS) is 1. The van der Waals surface area contributed by atoms with E-state index in [4.69, 9.17) is 0 Å². The number of carboxylic acids is 1. The highest BCUT2D eigenvalue weighted by atomic mass is 16.4. The summed E-state index contributed by atoms with van der Waals surface area (Å²) in [6, 6.07) is 5.33. The number of piperidine rings is 1. The Kier molecular flexibility index (Phi) is 3.18. The molecule has 2 aliphatic heterocycles. The lowest BCUT2D eigenvalue weighted by atomic mass is 9.83. The van der Waals surface area contributed by atoms with Gasteiger partial charge in [-0.1, -0.05) is 19.9 Å². The summed E-state index contributed by atoms with van der Waals surface area (Å²) in [6.07, 6.45) is 0.990. The Morgan fingerprint density at radius 1 is 1.17 bits per heavy atom. The van der Waals surface area contributed by atoms with Gasteiger partial charge in [-0.25, -0.2) is 0 Å². The quantitative estimate of drug-likeness (QED) is 0.882. The summed E-state index contributed by atoms with van der Waals surface area (Å²) in [7, 11) is 0. The molecule has 0 radical (unpaired) electrons. The zero-order valence-corrected chi connectivity index (χ0v) is 13.9. The van der Waals surface area contributed by atoms with Crippen LogP contribution in [0.4, 0.5) is 0 Å². The number of carbonyl (C=O) groups is 2. The third-order valence-electron chi connectivity index (χ3n) is 6.15. The fourth-order valence-corrected chi connectivity index (χ4v) is 4.83. The lowest BCUT2D eigenvalue weighted by Crippen LogP contribution is -2.49. The first-order chi connectivity index (χ1) is 11.3. The van der Waals surface area contributed by atoms with Crippen LogP contribution in [0.15, 0.2) is 23.0 Å². The molecule has 3 heterocycles. The number of rotatable bonds is 2. The average molecular weight is 330 g/mol. The van der Waals surface area contributed by atoms with Gasteiger partial charge in [0.25, 0.3) is 5.56 Å². The first kappa shape index (κ1) is 15.4. The van der Waals surface area contributed by atoms with Crippen LogP contribution < -0.4 is 5.56 Å². The van der Waals surface area contributed by atoms with E-state index >= 15 is 0 Å². The van der Waals surface area contributed by atoms with Crippen molar-refractivity contribution in [1.29, 1.82) is 0 Å². The molecule has 4 rings (SSSR count). The molecule has 2 bridgehead atoms. The van der Waals surface area contributed by atoms with E-state index in [0.717, 1.165) is 12.1 Å². The van der Waals surface area contributed by atoms with Gasteiger partial charge in [-0.05, 0) is 23.8 Å². The molecule has 1 aromatic heterocycles. The lowest BCUT2D eigenvalue weighted by molar-refractivity contribution is -0.142. The molecule has 3 aliphatic rings. The minimum Gasteiger partial charge on any atom is -0.481 e. The van der Waals surface area contributed by atoms with Gasteiger partial charge in [0, 0.05) is 37.3 Å². The summed E-state index contributed by atoms with van der Waals surface area (Å²) in [5.41, 5.74) is 0.557. The van der Waals surface area contributed by atoms with Gasteiger partial charge in [0.05, 0.1) is 11.8 Å². The third kappa shape index (κ3) is 2.12. The van der Waals surface area contributed by atoms with E-state index in [2.05, 4.69) is 0 Å². The summed E-state index contributed by atoms with van der Waals surface area (Å²) in [4.78, 5) is 38.1. The largest absolute Gasteiger partial charge is 0.481 e. The summed E-state index contributed by atoms with van der Waals surface area (Å²) in [5.74, 6) is -1.49. The standard InChI is InChI=1S/C18H22N2O4/c1-18(2)14(15(18)17(23)24)16(22)19-7-10-6-11(9-19)12-4-3-5-13(21)20(12)8-10/h3-5,10-11,14-15H,6-9H2,1-2H3,(H,23,24)/t10-,11-,14+,15-/m0/s1. The molecule has 4 atom stereocenters. The zero-order chi connectivity index (χ0) is 17.2. The molecule has 1 N–H and O–H groups in total. The van der Waals surface area contributed by atoms with Crippen LogP contribution in [0.25, 0.3) is 0 Å². The molecule has 6 heteroatoms. The molecule has 2 fully saturated rings. The van der Waals surface area contributed by atoms with E-state index in [1.807, 2.05) is 29.4 Å². The number of aromatic nitrogens is 1. The van der Waals surface area contributed by atoms with Crippen LogP contribution in [-0.2, 0) is 16.1 Å². The highest BCUT2D eigenvalue weighted by Gasteiger charge is 2.66. The second-order valence-corrected chi connectivity index (χ2v) is 8.06. The van der Waals surface area contributed by atoms with Gasteiger partial charge in [-0.15, -0.1) is 0 Å². The smallest absolute Gasteiger partial charge is 0.307 e. The zero-order valence-electron chi connectivity index (χ0n) is 13.9. The number of nitrogens with zero attached hydrogens (tertiary/aromatic N) is 2. The predicted octanol–water partition coefficient (Wildman–Crippen LogP) is 1.15. The molecule has 0 spiro atoms. The van der Waals surface area contributed by atoms with Crippen molar-refractivity contribution in [3.63, 3.8) is 0 Å². The number of hydrogen-bond acceptors (Lipinski definition) is 3. The Morgan fingerprint density at radius 2 is 1.92 bits per heavy atom. The number of likely N-dealkylation sites (tertiary alicyclic amines) is 1. The number of pyridine rings is 1. The molecular weight excluding hydrogens is 308 g/mol. The van der Waals surface area contributed by atoms with Crippen molar-refractivity contribution < 1.29 is 14.7 Å². The Hall–Kier alpha value is -2.11. The van der Waals surface area contributed by atoms with E-state index in [0.29, 0.717) is 19.6 Å². The Bertz CT molecular complexity index is 781. The van der Waals surface area contributed by atoms with E-state index in [9.17, 15) is 19.5 Å². The first-order valence-corrected chi connectivity index (χ1v) is 8.52. The van der Waals surface area contributed by atoms with Crippen molar-refractivity contribution in [2.24, 2.45) is 23.2 Å². The Labute approximate surface area is 140 Å². The van der Waals surface area contributed by atoms with Crippen molar-refractivity contribution in [3.05, 3.63) is 34.2 Å². The molecule has 0 unspecified atom stereocenters. The van der Waals surface area contributed by atoms with Gasteiger partial charge in [-0.2, -0.15) is 0 Å². The van der Waals surface area contributed by atoms with Crippen LogP contribution in [0.3, 0.4) is 0 Å². The maximum Gasteiger partial charge on any atom is 0.307 e. The minimum absolute atomic E-state index is 0.0243. The second-order valence-electron chi connectivity index (χ2n) is 8.06.